The van der Waals surface area contributed by atoms with Crippen LogP contribution in [0.25, 0.3) is 16.8 Å². The Hall–Kier alpha value is -4.27. The average Bonchev–Trinajstić information content (AvgIpc) is 2.91. The summed E-state index contributed by atoms with van der Waals surface area (Å²) in [5.41, 5.74) is 3.20. The number of halogens is 1. The van der Waals surface area contributed by atoms with Crippen molar-refractivity contribution < 1.29 is 14.3 Å². The second-order valence-electron chi connectivity index (χ2n) is 8.32. The normalized spacial score (nSPS) is 11.1. The highest BCUT2D eigenvalue weighted by atomic mass is 35.5. The quantitative estimate of drug-likeness (QED) is 0.186. The number of nitrogens with zero attached hydrogens (tertiary/aromatic N) is 1. The molecule has 0 saturated heterocycles. The van der Waals surface area contributed by atoms with Crippen molar-refractivity contribution in [3.63, 3.8) is 0 Å². The van der Waals surface area contributed by atoms with E-state index in [1.54, 1.807) is 12.1 Å². The minimum Gasteiger partial charge on any atom is -0.490 e. The number of nitriles is 1. The van der Waals surface area contributed by atoms with E-state index in [4.69, 9.17) is 21.1 Å². The van der Waals surface area contributed by atoms with E-state index in [0.29, 0.717) is 41.0 Å². The second kappa shape index (κ2) is 12.1. The Labute approximate surface area is 221 Å². The highest BCUT2D eigenvalue weighted by Crippen LogP contribution is 2.38. The highest BCUT2D eigenvalue weighted by molar-refractivity contribution is 6.32. The molecule has 1 amide bonds. The van der Waals surface area contributed by atoms with Crippen LogP contribution in [0.15, 0.2) is 84.4 Å². The maximum absolute atomic E-state index is 12.9. The van der Waals surface area contributed by atoms with Gasteiger partial charge in [0, 0.05) is 5.69 Å². The number of aryl methyl sites for hydroxylation is 1. The van der Waals surface area contributed by atoms with Gasteiger partial charge in [-0.3, -0.25) is 4.79 Å². The first-order chi connectivity index (χ1) is 18.0. The van der Waals surface area contributed by atoms with Gasteiger partial charge in [-0.1, -0.05) is 79.2 Å². The van der Waals surface area contributed by atoms with Gasteiger partial charge in [0.15, 0.2) is 11.5 Å². The number of hydrogen-bond acceptors (Lipinski definition) is 4. The van der Waals surface area contributed by atoms with E-state index in [0.717, 1.165) is 28.3 Å². The molecule has 0 aliphatic rings. The predicted octanol–water partition coefficient (Wildman–Crippen LogP) is 7.58. The van der Waals surface area contributed by atoms with Gasteiger partial charge in [-0.25, -0.2) is 0 Å². The Balaban J connectivity index is 1.60. The van der Waals surface area contributed by atoms with Crippen LogP contribution >= 0.6 is 11.6 Å². The first-order valence-electron chi connectivity index (χ1n) is 12.1. The summed E-state index contributed by atoms with van der Waals surface area (Å²) < 4.78 is 11.9. The number of nitrogens with one attached hydrogen (secondary N) is 1. The van der Waals surface area contributed by atoms with Crippen LogP contribution in [0.1, 0.15) is 30.5 Å². The lowest BCUT2D eigenvalue weighted by Gasteiger charge is -2.15. The molecule has 0 spiro atoms. The minimum absolute atomic E-state index is 0.0474. The standard InChI is InChI=1S/C31H27ClN2O3/c1-3-22-10-6-8-15-28(22)34-31(35)25(19-33)16-21-17-27(32)30(29(18-21)36-4-2)37-20-24-13-9-12-23-11-5-7-14-26(23)24/h5-18H,3-4,20H2,1-2H3,(H,34,35)/b25-16+. The van der Waals surface area contributed by atoms with Crippen LogP contribution in [-0.2, 0) is 17.8 Å². The van der Waals surface area contributed by atoms with Gasteiger partial charge in [0.05, 0.1) is 11.6 Å². The van der Waals surface area contributed by atoms with Crippen molar-refractivity contribution in [2.45, 2.75) is 26.9 Å². The number of rotatable bonds is 9. The number of hydrogen-bond donors (Lipinski definition) is 1. The van der Waals surface area contributed by atoms with Crippen molar-refractivity contribution in [1.82, 2.24) is 0 Å². The molecular formula is C31H27ClN2O3. The van der Waals surface area contributed by atoms with Crippen LogP contribution < -0.4 is 14.8 Å². The monoisotopic (exact) mass is 510 g/mol. The summed E-state index contributed by atoms with van der Waals surface area (Å²) in [6.45, 7) is 4.57. The zero-order chi connectivity index (χ0) is 26.2. The number of anilines is 1. The molecule has 6 heteroatoms. The van der Waals surface area contributed by atoms with E-state index in [-0.39, 0.29) is 5.57 Å². The van der Waals surface area contributed by atoms with Crippen molar-refractivity contribution in [3.8, 4) is 17.6 Å². The van der Waals surface area contributed by atoms with Crippen LogP contribution in [0, 0.1) is 11.3 Å². The van der Waals surface area contributed by atoms with Crippen LogP contribution in [0.2, 0.25) is 5.02 Å². The maximum Gasteiger partial charge on any atom is 0.266 e. The van der Waals surface area contributed by atoms with Gasteiger partial charge >= 0.3 is 0 Å². The van der Waals surface area contributed by atoms with Gasteiger partial charge in [-0.2, -0.15) is 5.26 Å². The van der Waals surface area contributed by atoms with E-state index in [1.807, 2.05) is 68.4 Å². The van der Waals surface area contributed by atoms with Gasteiger partial charge in [-0.15, -0.1) is 0 Å². The Morgan fingerprint density at radius 1 is 0.973 bits per heavy atom. The van der Waals surface area contributed by atoms with Crippen LogP contribution in [-0.4, -0.2) is 12.5 Å². The van der Waals surface area contributed by atoms with E-state index >= 15 is 0 Å². The van der Waals surface area contributed by atoms with Gasteiger partial charge < -0.3 is 14.8 Å². The molecule has 5 nitrogen and oxygen atoms in total. The molecule has 0 aliphatic carbocycles. The molecule has 4 aromatic rings. The average molecular weight is 511 g/mol. The smallest absolute Gasteiger partial charge is 0.266 e. The molecule has 0 radical (unpaired) electrons. The summed E-state index contributed by atoms with van der Waals surface area (Å²) in [6, 6.07) is 27.1. The number of amides is 1. The van der Waals surface area contributed by atoms with Crippen LogP contribution in [0.3, 0.4) is 0 Å². The topological polar surface area (TPSA) is 71.3 Å². The minimum atomic E-state index is -0.492. The Morgan fingerprint density at radius 2 is 1.70 bits per heavy atom. The summed E-state index contributed by atoms with van der Waals surface area (Å²) in [6.07, 6.45) is 2.25. The molecule has 4 aromatic carbocycles. The number of carbonyl (C=O) groups is 1. The lowest BCUT2D eigenvalue weighted by Crippen LogP contribution is -2.14. The fourth-order valence-electron chi connectivity index (χ4n) is 4.10. The molecule has 0 atom stereocenters. The van der Waals surface area contributed by atoms with Gasteiger partial charge in [-0.05, 0) is 65.1 Å². The Kier molecular flexibility index (Phi) is 8.45. The molecule has 0 bridgehead atoms. The fraction of sp³-hybridized carbons (Fsp3) is 0.161. The number of fused-ring (bicyclic) bond motifs is 1. The number of ether oxygens (including phenoxy) is 2. The van der Waals surface area contributed by atoms with Crippen molar-refractivity contribution in [2.24, 2.45) is 0 Å². The molecule has 37 heavy (non-hydrogen) atoms. The van der Waals surface area contributed by atoms with Crippen molar-refractivity contribution >= 4 is 40.0 Å². The van der Waals surface area contributed by atoms with Gasteiger partial charge in [0.25, 0.3) is 5.91 Å². The largest absolute Gasteiger partial charge is 0.490 e. The van der Waals surface area contributed by atoms with Crippen molar-refractivity contribution in [1.29, 1.82) is 5.26 Å². The van der Waals surface area contributed by atoms with E-state index in [1.165, 1.54) is 6.08 Å². The molecule has 4 rings (SSSR count). The SMILES string of the molecule is CCOc1cc(/C=C(\C#N)C(=O)Nc2ccccc2CC)cc(Cl)c1OCc1cccc2ccccc12. The van der Waals surface area contributed by atoms with E-state index in [9.17, 15) is 10.1 Å². The summed E-state index contributed by atoms with van der Waals surface area (Å²) in [4.78, 5) is 12.9. The third-order valence-electron chi connectivity index (χ3n) is 5.91. The van der Waals surface area contributed by atoms with Crippen LogP contribution in [0.5, 0.6) is 11.5 Å². The number of para-hydroxylation sites is 1. The fourth-order valence-corrected chi connectivity index (χ4v) is 4.37. The number of carbonyl (C=O) groups excluding carboxylic acids is 1. The number of benzene rings is 4. The lowest BCUT2D eigenvalue weighted by molar-refractivity contribution is -0.112. The molecule has 0 saturated carbocycles. The van der Waals surface area contributed by atoms with Gasteiger partial charge in [0.1, 0.15) is 18.2 Å². The lowest BCUT2D eigenvalue weighted by atomic mass is 10.1. The molecular weight excluding hydrogens is 484 g/mol. The third kappa shape index (κ3) is 6.11. The summed E-state index contributed by atoms with van der Waals surface area (Å²) in [7, 11) is 0. The third-order valence-corrected chi connectivity index (χ3v) is 6.19. The molecule has 0 heterocycles. The van der Waals surface area contributed by atoms with E-state index < -0.39 is 5.91 Å². The van der Waals surface area contributed by atoms with Gasteiger partial charge in [0.2, 0.25) is 0 Å². The molecule has 0 aromatic heterocycles. The second-order valence-corrected chi connectivity index (χ2v) is 8.73. The summed E-state index contributed by atoms with van der Waals surface area (Å²) in [5.74, 6) is 0.359. The van der Waals surface area contributed by atoms with Crippen molar-refractivity contribution in [2.75, 3.05) is 11.9 Å². The van der Waals surface area contributed by atoms with Crippen LogP contribution in [0.4, 0.5) is 5.69 Å². The predicted molar refractivity (Wildman–Crippen MR) is 149 cm³/mol. The molecule has 0 unspecified atom stereocenters. The first kappa shape index (κ1) is 25.8. The molecule has 1 N–H and O–H groups in total. The maximum atomic E-state index is 12.9. The highest BCUT2D eigenvalue weighted by Gasteiger charge is 2.16. The molecule has 0 aliphatic heterocycles. The zero-order valence-corrected chi connectivity index (χ0v) is 21.5. The Bertz CT molecular complexity index is 1500. The zero-order valence-electron chi connectivity index (χ0n) is 20.8. The molecule has 0 fully saturated rings. The van der Waals surface area contributed by atoms with E-state index in [2.05, 4.69) is 23.5 Å². The first-order valence-corrected chi connectivity index (χ1v) is 12.5. The molecule has 186 valence electrons. The summed E-state index contributed by atoms with van der Waals surface area (Å²) >= 11 is 6.61. The summed E-state index contributed by atoms with van der Waals surface area (Å²) in [5, 5.41) is 15.1. The Morgan fingerprint density at radius 3 is 2.49 bits per heavy atom. The van der Waals surface area contributed by atoms with Crippen molar-refractivity contribution in [3.05, 3.63) is 106 Å².